The third-order valence-electron chi connectivity index (χ3n) is 6.22. The Balaban J connectivity index is 1.29. The Morgan fingerprint density at radius 3 is 2.37 bits per heavy atom. The van der Waals surface area contributed by atoms with Crippen LogP contribution in [0.15, 0.2) is 18.2 Å². The number of nitrogens with one attached hydrogen (secondary N) is 1. The molecule has 1 saturated carbocycles. The van der Waals surface area contributed by atoms with Crippen LogP contribution in [-0.2, 0) is 19.1 Å². The molecule has 30 heavy (non-hydrogen) atoms. The van der Waals surface area contributed by atoms with E-state index in [4.69, 9.17) is 14.2 Å². The maximum atomic E-state index is 12.9. The third kappa shape index (κ3) is 3.18. The van der Waals surface area contributed by atoms with Gasteiger partial charge in [0.05, 0.1) is 30.4 Å². The van der Waals surface area contributed by atoms with Crippen molar-refractivity contribution in [1.82, 2.24) is 10.2 Å². The van der Waals surface area contributed by atoms with E-state index in [1.165, 1.54) is 0 Å². The normalized spacial score (nSPS) is 26.3. The van der Waals surface area contributed by atoms with Crippen LogP contribution in [0.3, 0.4) is 0 Å². The highest BCUT2D eigenvalue weighted by Crippen LogP contribution is 2.38. The van der Waals surface area contributed by atoms with Crippen molar-refractivity contribution in [3.8, 4) is 5.75 Å². The molecule has 4 aliphatic rings. The number of ether oxygens (including phenoxy) is 3. The van der Waals surface area contributed by atoms with Gasteiger partial charge in [0.15, 0.2) is 5.79 Å². The molecule has 1 aliphatic carbocycles. The van der Waals surface area contributed by atoms with E-state index in [0.717, 1.165) is 30.6 Å². The molecule has 1 aromatic carbocycles. The van der Waals surface area contributed by atoms with E-state index < -0.39 is 35.5 Å². The number of nitrogens with zero attached hydrogens (tertiary/aromatic N) is 1. The third-order valence-corrected chi connectivity index (χ3v) is 6.22. The van der Waals surface area contributed by atoms with Gasteiger partial charge in [0.1, 0.15) is 11.8 Å². The highest BCUT2D eigenvalue weighted by molar-refractivity contribution is 6.23. The molecule has 158 valence electrons. The zero-order valence-electron chi connectivity index (χ0n) is 16.3. The maximum Gasteiger partial charge on any atom is 0.262 e. The summed E-state index contributed by atoms with van der Waals surface area (Å²) >= 11 is 0. The van der Waals surface area contributed by atoms with E-state index in [2.05, 4.69) is 5.32 Å². The summed E-state index contributed by atoms with van der Waals surface area (Å²) in [7, 11) is 0. The molecule has 1 unspecified atom stereocenters. The van der Waals surface area contributed by atoms with Crippen LogP contribution in [0.4, 0.5) is 0 Å². The summed E-state index contributed by atoms with van der Waals surface area (Å²) in [5.74, 6) is -2.04. The molecule has 3 heterocycles. The standard InChI is InChI=1S/C21H22N2O7/c24-17-4-3-16(18(25)22-17)23-19(26)14-2-1-13(11-15(14)20(23)27)30-12-5-7-21(8-6-12)28-9-10-29-21/h1-2,11-12,16H,3-10H2,(H,22,24,25). The zero-order chi connectivity index (χ0) is 20.9. The predicted molar refractivity (Wildman–Crippen MR) is 101 cm³/mol. The quantitative estimate of drug-likeness (QED) is 0.739. The average molecular weight is 414 g/mol. The number of rotatable bonds is 3. The molecule has 0 radical (unpaired) electrons. The molecule has 2 saturated heterocycles. The molecule has 1 atom stereocenters. The minimum atomic E-state index is -0.972. The lowest BCUT2D eigenvalue weighted by atomic mass is 9.91. The number of fused-ring (bicyclic) bond motifs is 1. The molecule has 1 aromatic rings. The number of benzene rings is 1. The Labute approximate surface area is 172 Å². The van der Waals surface area contributed by atoms with Crippen LogP contribution in [0, 0.1) is 0 Å². The molecule has 1 N–H and O–H groups in total. The lowest BCUT2D eigenvalue weighted by molar-refractivity contribution is -0.186. The second-order valence-electron chi connectivity index (χ2n) is 8.08. The van der Waals surface area contributed by atoms with Gasteiger partial charge >= 0.3 is 0 Å². The van der Waals surface area contributed by atoms with E-state index in [1.807, 2.05) is 0 Å². The minimum Gasteiger partial charge on any atom is -0.490 e. The number of imide groups is 2. The van der Waals surface area contributed by atoms with Gasteiger partial charge in [-0.25, -0.2) is 0 Å². The zero-order valence-corrected chi connectivity index (χ0v) is 16.3. The van der Waals surface area contributed by atoms with Crippen molar-refractivity contribution in [3.05, 3.63) is 29.3 Å². The van der Waals surface area contributed by atoms with Crippen LogP contribution in [0.25, 0.3) is 0 Å². The van der Waals surface area contributed by atoms with Gasteiger partial charge in [-0.2, -0.15) is 0 Å². The number of piperidine rings is 1. The number of hydrogen-bond acceptors (Lipinski definition) is 7. The van der Waals surface area contributed by atoms with Gasteiger partial charge in [-0.1, -0.05) is 0 Å². The summed E-state index contributed by atoms with van der Waals surface area (Å²) in [6.45, 7) is 1.24. The van der Waals surface area contributed by atoms with Crippen LogP contribution >= 0.6 is 0 Å². The Bertz CT molecular complexity index is 927. The van der Waals surface area contributed by atoms with E-state index >= 15 is 0 Å². The molecule has 3 aliphatic heterocycles. The molecule has 5 rings (SSSR count). The Kier molecular flexibility index (Phi) is 4.59. The van der Waals surface area contributed by atoms with Crippen LogP contribution in [0.1, 0.15) is 59.2 Å². The van der Waals surface area contributed by atoms with E-state index in [9.17, 15) is 19.2 Å². The van der Waals surface area contributed by atoms with Gasteiger partial charge in [0, 0.05) is 19.3 Å². The van der Waals surface area contributed by atoms with E-state index in [-0.39, 0.29) is 30.1 Å². The first-order valence-electron chi connectivity index (χ1n) is 10.3. The highest BCUT2D eigenvalue weighted by Gasteiger charge is 2.45. The topological polar surface area (TPSA) is 111 Å². The van der Waals surface area contributed by atoms with Crippen molar-refractivity contribution >= 4 is 23.6 Å². The maximum absolute atomic E-state index is 12.9. The fourth-order valence-corrected chi connectivity index (χ4v) is 4.65. The van der Waals surface area contributed by atoms with Gasteiger partial charge in [-0.05, 0) is 37.5 Å². The molecule has 1 spiro atoms. The smallest absolute Gasteiger partial charge is 0.262 e. The van der Waals surface area contributed by atoms with Crippen LogP contribution < -0.4 is 10.1 Å². The van der Waals surface area contributed by atoms with Crippen molar-refractivity contribution in [2.45, 2.75) is 56.5 Å². The summed E-state index contributed by atoms with van der Waals surface area (Å²) in [6.07, 6.45) is 3.24. The largest absolute Gasteiger partial charge is 0.490 e. The molecule has 0 bridgehead atoms. The van der Waals surface area contributed by atoms with E-state index in [1.54, 1.807) is 18.2 Å². The van der Waals surface area contributed by atoms with Crippen molar-refractivity contribution in [2.75, 3.05) is 13.2 Å². The van der Waals surface area contributed by atoms with Crippen LogP contribution in [0.2, 0.25) is 0 Å². The molecule has 3 fully saturated rings. The number of carbonyl (C=O) groups is 4. The summed E-state index contributed by atoms with van der Waals surface area (Å²) in [4.78, 5) is 50.1. The van der Waals surface area contributed by atoms with E-state index in [0.29, 0.717) is 19.0 Å². The second kappa shape index (κ2) is 7.17. The van der Waals surface area contributed by atoms with Crippen LogP contribution in [0.5, 0.6) is 5.75 Å². The first-order chi connectivity index (χ1) is 14.5. The Hall–Kier alpha value is -2.78. The summed E-state index contributed by atoms with van der Waals surface area (Å²) in [6, 6.07) is 3.82. The molecular weight excluding hydrogens is 392 g/mol. The first-order valence-corrected chi connectivity index (χ1v) is 10.3. The monoisotopic (exact) mass is 414 g/mol. The summed E-state index contributed by atoms with van der Waals surface area (Å²) in [5, 5.41) is 2.19. The second-order valence-corrected chi connectivity index (χ2v) is 8.08. The van der Waals surface area contributed by atoms with Gasteiger partial charge in [-0.3, -0.25) is 29.4 Å². The lowest BCUT2D eigenvalue weighted by Crippen LogP contribution is -2.54. The van der Waals surface area contributed by atoms with Crippen molar-refractivity contribution in [1.29, 1.82) is 0 Å². The fraction of sp³-hybridized carbons (Fsp3) is 0.524. The SMILES string of the molecule is O=C1CCC(N2C(=O)c3ccc(OC4CCC5(CC4)OCCO5)cc3C2=O)C(=O)N1. The minimum absolute atomic E-state index is 0.0279. The Morgan fingerprint density at radius 1 is 0.967 bits per heavy atom. The summed E-state index contributed by atoms with van der Waals surface area (Å²) in [5.41, 5.74) is 0.462. The van der Waals surface area contributed by atoms with Crippen molar-refractivity contribution in [3.63, 3.8) is 0 Å². The van der Waals surface area contributed by atoms with Gasteiger partial charge < -0.3 is 14.2 Å². The fourth-order valence-electron chi connectivity index (χ4n) is 4.65. The van der Waals surface area contributed by atoms with Gasteiger partial charge in [-0.15, -0.1) is 0 Å². The van der Waals surface area contributed by atoms with Crippen LogP contribution in [-0.4, -0.2) is 59.7 Å². The first kappa shape index (κ1) is 19.2. The lowest BCUT2D eigenvalue weighted by Gasteiger charge is -2.35. The van der Waals surface area contributed by atoms with Gasteiger partial charge in [0.2, 0.25) is 11.8 Å². The van der Waals surface area contributed by atoms with Gasteiger partial charge in [0.25, 0.3) is 11.8 Å². The number of hydrogen-bond donors (Lipinski definition) is 1. The molecular formula is C21H22N2O7. The average Bonchev–Trinajstić information content (AvgIpc) is 3.28. The summed E-state index contributed by atoms with van der Waals surface area (Å²) < 4.78 is 17.5. The van der Waals surface area contributed by atoms with Crippen molar-refractivity contribution < 1.29 is 33.4 Å². The predicted octanol–water partition coefficient (Wildman–Crippen LogP) is 1.15. The Morgan fingerprint density at radius 2 is 1.67 bits per heavy atom. The molecule has 9 nitrogen and oxygen atoms in total. The highest BCUT2D eigenvalue weighted by atomic mass is 16.7. The number of carbonyl (C=O) groups excluding carboxylic acids is 4. The number of amides is 4. The molecule has 4 amide bonds. The van der Waals surface area contributed by atoms with Crippen molar-refractivity contribution in [2.24, 2.45) is 0 Å². The molecule has 9 heteroatoms. The molecule has 0 aromatic heterocycles.